The molecule has 1 aliphatic rings. The molecule has 0 bridgehead atoms. The lowest BCUT2D eigenvalue weighted by Gasteiger charge is -2.31. The average Bonchev–Trinajstić information content (AvgIpc) is 2.75. The van der Waals surface area contributed by atoms with E-state index in [-0.39, 0.29) is 17.9 Å². The van der Waals surface area contributed by atoms with E-state index < -0.39 is 10.7 Å². The summed E-state index contributed by atoms with van der Waals surface area (Å²) in [6.45, 7) is 1.82. The van der Waals surface area contributed by atoms with Crippen molar-refractivity contribution >= 4 is 23.4 Å². The van der Waals surface area contributed by atoms with Gasteiger partial charge in [-0.25, -0.2) is 19.4 Å². The predicted octanol–water partition coefficient (Wildman–Crippen LogP) is 3.73. The number of rotatable bonds is 5. The maximum Gasteiger partial charge on any atom is 0.232 e. The van der Waals surface area contributed by atoms with Gasteiger partial charge in [-0.2, -0.15) is 0 Å². The van der Waals surface area contributed by atoms with Crippen LogP contribution in [0.3, 0.4) is 0 Å². The van der Waals surface area contributed by atoms with Crippen LogP contribution in [0.5, 0.6) is 5.88 Å². The summed E-state index contributed by atoms with van der Waals surface area (Å²) in [6, 6.07) is 12.2. The second-order valence-electron chi connectivity index (χ2n) is 6.94. The van der Waals surface area contributed by atoms with Crippen LogP contribution < -0.4 is 10.5 Å². The van der Waals surface area contributed by atoms with Crippen molar-refractivity contribution in [2.24, 2.45) is 10.7 Å². The zero-order chi connectivity index (χ0) is 21.3. The van der Waals surface area contributed by atoms with Gasteiger partial charge in [0.2, 0.25) is 5.88 Å². The third-order valence-corrected chi connectivity index (χ3v) is 6.11. The first-order valence-corrected chi connectivity index (χ1v) is 10.0. The average molecular weight is 422 g/mol. The first-order chi connectivity index (χ1) is 14.4. The van der Waals surface area contributed by atoms with Crippen LogP contribution in [0.25, 0.3) is 0 Å². The molecule has 0 spiro atoms. The third kappa shape index (κ3) is 3.78. The molecule has 6 nitrogen and oxygen atoms in total. The van der Waals surface area contributed by atoms with Crippen molar-refractivity contribution in [1.29, 1.82) is 0 Å². The van der Waals surface area contributed by atoms with Crippen LogP contribution in [-0.2, 0) is 11.3 Å². The van der Waals surface area contributed by atoms with E-state index in [0.717, 1.165) is 10.5 Å². The van der Waals surface area contributed by atoms with Gasteiger partial charge < -0.3 is 10.5 Å². The number of Topliss-reactive ketones (excluding diaryl/α,β-unsaturated/α-hetero) is 1. The highest BCUT2D eigenvalue weighted by atomic mass is 32.2. The van der Waals surface area contributed by atoms with Crippen molar-refractivity contribution in [2.75, 3.05) is 7.11 Å². The molecule has 1 unspecified atom stereocenters. The van der Waals surface area contributed by atoms with E-state index in [4.69, 9.17) is 10.5 Å². The summed E-state index contributed by atoms with van der Waals surface area (Å²) in [5.41, 5.74) is 8.25. The number of aliphatic imine (C=N–C) groups is 1. The predicted molar refractivity (Wildman–Crippen MR) is 113 cm³/mol. The Labute approximate surface area is 177 Å². The van der Waals surface area contributed by atoms with E-state index >= 15 is 0 Å². The Morgan fingerprint density at radius 2 is 2.00 bits per heavy atom. The number of amidine groups is 1. The molecule has 30 heavy (non-hydrogen) atoms. The van der Waals surface area contributed by atoms with E-state index in [1.807, 2.05) is 31.2 Å². The van der Waals surface area contributed by atoms with Crippen molar-refractivity contribution in [2.45, 2.75) is 23.1 Å². The van der Waals surface area contributed by atoms with Crippen LogP contribution >= 0.6 is 11.8 Å². The first kappa shape index (κ1) is 20.0. The number of methoxy groups -OCH3 is 1. The Kier molecular flexibility index (Phi) is 5.26. The smallest absolute Gasteiger partial charge is 0.232 e. The molecule has 152 valence electrons. The van der Waals surface area contributed by atoms with Gasteiger partial charge >= 0.3 is 0 Å². The quantitative estimate of drug-likeness (QED) is 0.630. The van der Waals surface area contributed by atoms with Gasteiger partial charge in [-0.3, -0.25) is 4.79 Å². The fourth-order valence-corrected chi connectivity index (χ4v) is 4.56. The SMILES string of the molecule is COc1cnc(C(=O)Cc2ccc(F)c(C3(C)N=C(N)c4ccccc4S3)c2)cn1. The zero-order valence-electron chi connectivity index (χ0n) is 16.4. The fourth-order valence-electron chi connectivity index (χ4n) is 3.29. The zero-order valence-corrected chi connectivity index (χ0v) is 17.2. The van der Waals surface area contributed by atoms with Crippen LogP contribution in [-0.4, -0.2) is 28.7 Å². The Balaban J connectivity index is 1.64. The van der Waals surface area contributed by atoms with Gasteiger partial charge in [-0.05, 0) is 30.7 Å². The first-order valence-electron chi connectivity index (χ1n) is 9.21. The van der Waals surface area contributed by atoms with E-state index in [2.05, 4.69) is 15.0 Å². The summed E-state index contributed by atoms with van der Waals surface area (Å²) in [4.78, 5) is 25.2. The molecule has 2 N–H and O–H groups in total. The number of carbonyl (C=O) groups is 1. The molecule has 0 radical (unpaired) electrons. The maximum absolute atomic E-state index is 14.8. The van der Waals surface area contributed by atoms with Gasteiger partial charge in [0.1, 0.15) is 22.2 Å². The maximum atomic E-state index is 14.8. The Morgan fingerprint density at radius 3 is 2.73 bits per heavy atom. The van der Waals surface area contributed by atoms with E-state index in [1.54, 1.807) is 12.1 Å². The molecular formula is C22H19FN4O2S. The number of hydrogen-bond donors (Lipinski definition) is 1. The molecule has 0 amide bonds. The number of fused-ring (bicyclic) bond motifs is 1. The molecule has 0 saturated carbocycles. The molecule has 2 aromatic carbocycles. The van der Waals surface area contributed by atoms with E-state index in [9.17, 15) is 9.18 Å². The van der Waals surface area contributed by atoms with Gasteiger partial charge in [0.05, 0.1) is 19.5 Å². The van der Waals surface area contributed by atoms with Gasteiger partial charge in [0.15, 0.2) is 5.78 Å². The normalized spacial score (nSPS) is 17.8. The van der Waals surface area contributed by atoms with Gasteiger partial charge in [-0.15, -0.1) is 0 Å². The summed E-state index contributed by atoms with van der Waals surface area (Å²) >= 11 is 1.43. The molecule has 0 saturated heterocycles. The molecular weight excluding hydrogens is 403 g/mol. The number of halogens is 1. The minimum Gasteiger partial charge on any atom is -0.480 e. The topological polar surface area (TPSA) is 90.5 Å². The minimum atomic E-state index is -0.943. The third-order valence-electron chi connectivity index (χ3n) is 4.82. The van der Waals surface area contributed by atoms with Crippen molar-refractivity contribution < 1.29 is 13.9 Å². The number of benzene rings is 2. The minimum absolute atomic E-state index is 0.0603. The molecule has 2 heterocycles. The Morgan fingerprint density at radius 1 is 1.20 bits per heavy atom. The molecule has 3 aromatic rings. The monoisotopic (exact) mass is 422 g/mol. The number of ketones is 1. The standard InChI is InChI=1S/C22H19FN4O2S/c1-22(27-21(24)14-5-3-4-6-19(14)30-22)15-9-13(7-8-16(15)23)10-18(28)17-11-26-20(29-2)12-25-17/h3-9,11-12H,10H2,1-2H3,(H2,24,27). The number of carbonyl (C=O) groups excluding carboxylic acids is 1. The highest BCUT2D eigenvalue weighted by Crippen LogP contribution is 2.47. The van der Waals surface area contributed by atoms with Crippen LogP contribution in [0.15, 0.2) is 64.7 Å². The Bertz CT molecular complexity index is 1150. The molecule has 0 fully saturated rings. The number of nitrogens with zero attached hydrogens (tertiary/aromatic N) is 3. The van der Waals surface area contributed by atoms with Crippen LogP contribution in [0, 0.1) is 5.82 Å². The van der Waals surface area contributed by atoms with Crippen molar-refractivity contribution in [3.05, 3.63) is 83.1 Å². The highest BCUT2D eigenvalue weighted by molar-refractivity contribution is 8.00. The summed E-state index contributed by atoms with van der Waals surface area (Å²) < 4.78 is 19.8. The van der Waals surface area contributed by atoms with Gasteiger partial charge in [0, 0.05) is 22.4 Å². The highest BCUT2D eigenvalue weighted by Gasteiger charge is 2.35. The lowest BCUT2D eigenvalue weighted by molar-refractivity contribution is 0.0987. The van der Waals surface area contributed by atoms with Crippen LogP contribution in [0.2, 0.25) is 0 Å². The largest absolute Gasteiger partial charge is 0.480 e. The van der Waals surface area contributed by atoms with Crippen LogP contribution in [0.1, 0.15) is 34.1 Å². The summed E-state index contributed by atoms with van der Waals surface area (Å²) in [6.07, 6.45) is 2.81. The van der Waals surface area contributed by atoms with E-state index in [0.29, 0.717) is 22.8 Å². The van der Waals surface area contributed by atoms with Crippen LogP contribution in [0.4, 0.5) is 4.39 Å². The number of thioether (sulfide) groups is 1. The lowest BCUT2D eigenvalue weighted by Crippen LogP contribution is -2.28. The molecule has 0 aliphatic carbocycles. The summed E-state index contributed by atoms with van der Waals surface area (Å²) in [5, 5.41) is 0. The van der Waals surface area contributed by atoms with E-state index in [1.165, 1.54) is 37.3 Å². The molecule has 1 aromatic heterocycles. The second-order valence-corrected chi connectivity index (χ2v) is 8.38. The molecule has 4 rings (SSSR count). The second kappa shape index (κ2) is 7.87. The van der Waals surface area contributed by atoms with Crippen molar-refractivity contribution in [3.8, 4) is 5.88 Å². The van der Waals surface area contributed by atoms with Crippen molar-refractivity contribution in [3.63, 3.8) is 0 Å². The van der Waals surface area contributed by atoms with Gasteiger partial charge in [-0.1, -0.05) is 36.0 Å². The lowest BCUT2D eigenvalue weighted by atomic mass is 10.00. The number of nitrogens with two attached hydrogens (primary N) is 1. The van der Waals surface area contributed by atoms with Gasteiger partial charge in [0.25, 0.3) is 0 Å². The molecule has 8 heteroatoms. The summed E-state index contributed by atoms with van der Waals surface area (Å²) in [5.74, 6) is 0.0636. The number of ether oxygens (including phenoxy) is 1. The molecule has 1 aliphatic heterocycles. The fraction of sp³-hybridized carbons (Fsp3) is 0.182. The number of aromatic nitrogens is 2. The number of hydrogen-bond acceptors (Lipinski definition) is 7. The Hall–Kier alpha value is -3.26. The summed E-state index contributed by atoms with van der Waals surface area (Å²) in [7, 11) is 1.48. The van der Waals surface area contributed by atoms with Crippen molar-refractivity contribution in [1.82, 2.24) is 9.97 Å². The molecule has 1 atom stereocenters.